The summed E-state index contributed by atoms with van der Waals surface area (Å²) in [6, 6.07) is 4.95. The highest BCUT2D eigenvalue weighted by Crippen LogP contribution is 2.22. The van der Waals surface area contributed by atoms with E-state index in [1.807, 2.05) is 27.0 Å². The summed E-state index contributed by atoms with van der Waals surface area (Å²) >= 11 is 0. The van der Waals surface area contributed by atoms with E-state index >= 15 is 0 Å². The number of carbonyl (C=O) groups is 1. The molecule has 0 aliphatic heterocycles. The van der Waals surface area contributed by atoms with Crippen LogP contribution in [0.15, 0.2) is 18.2 Å². The van der Waals surface area contributed by atoms with Gasteiger partial charge in [0.2, 0.25) is 5.91 Å². The first kappa shape index (κ1) is 16.4. The molecule has 1 aromatic carbocycles. The van der Waals surface area contributed by atoms with Crippen molar-refractivity contribution in [2.45, 2.75) is 20.4 Å². The van der Waals surface area contributed by atoms with Gasteiger partial charge >= 0.3 is 0 Å². The lowest BCUT2D eigenvalue weighted by Crippen LogP contribution is -2.39. The predicted molar refractivity (Wildman–Crippen MR) is 80.4 cm³/mol. The summed E-state index contributed by atoms with van der Waals surface area (Å²) in [7, 11) is 3.59. The van der Waals surface area contributed by atoms with Crippen LogP contribution in [0.25, 0.3) is 0 Å². The lowest BCUT2D eigenvalue weighted by Gasteiger charge is -2.26. The highest BCUT2D eigenvalue weighted by molar-refractivity contribution is 5.81. The molecule has 112 valence electrons. The van der Waals surface area contributed by atoms with Crippen LogP contribution in [0.5, 0.6) is 0 Å². The van der Waals surface area contributed by atoms with Crippen molar-refractivity contribution in [1.82, 2.24) is 10.2 Å². The van der Waals surface area contributed by atoms with E-state index in [1.165, 1.54) is 6.07 Å². The first-order valence-corrected chi connectivity index (χ1v) is 6.96. The highest BCUT2D eigenvalue weighted by atomic mass is 19.1. The van der Waals surface area contributed by atoms with E-state index in [1.54, 1.807) is 22.9 Å². The van der Waals surface area contributed by atoms with Crippen LogP contribution >= 0.6 is 0 Å². The number of nitrogens with one attached hydrogen (secondary N) is 1. The summed E-state index contributed by atoms with van der Waals surface area (Å²) in [5, 5.41) is 2.96. The van der Waals surface area contributed by atoms with Gasteiger partial charge in [-0.1, -0.05) is 6.07 Å². The number of benzene rings is 1. The zero-order valence-electron chi connectivity index (χ0n) is 12.7. The van der Waals surface area contributed by atoms with E-state index in [9.17, 15) is 9.18 Å². The van der Waals surface area contributed by atoms with Gasteiger partial charge in [-0.2, -0.15) is 0 Å². The molecule has 0 fully saturated rings. The minimum absolute atomic E-state index is 0.0529. The Morgan fingerprint density at radius 2 is 1.95 bits per heavy atom. The number of likely N-dealkylation sites (N-methyl/N-ethyl adjacent to an activating group) is 2. The van der Waals surface area contributed by atoms with Gasteiger partial charge in [-0.25, -0.2) is 4.39 Å². The van der Waals surface area contributed by atoms with Crippen LogP contribution in [0.4, 0.5) is 10.1 Å². The Kier molecular flexibility index (Phi) is 6.45. The monoisotopic (exact) mass is 281 g/mol. The molecule has 0 spiro atoms. The van der Waals surface area contributed by atoms with Gasteiger partial charge in [-0.05, 0) is 33.0 Å². The summed E-state index contributed by atoms with van der Waals surface area (Å²) in [6.07, 6.45) is 0. The smallest absolute Gasteiger partial charge is 0.242 e. The van der Waals surface area contributed by atoms with Crippen molar-refractivity contribution in [1.29, 1.82) is 0 Å². The van der Waals surface area contributed by atoms with E-state index in [4.69, 9.17) is 0 Å². The Morgan fingerprint density at radius 3 is 2.50 bits per heavy atom. The molecule has 5 heteroatoms. The van der Waals surface area contributed by atoms with Gasteiger partial charge in [0.25, 0.3) is 0 Å². The second kappa shape index (κ2) is 7.85. The summed E-state index contributed by atoms with van der Waals surface area (Å²) in [6.45, 7) is 5.98. The molecule has 0 heterocycles. The maximum Gasteiger partial charge on any atom is 0.242 e. The fourth-order valence-corrected chi connectivity index (χ4v) is 2.22. The number of rotatable bonds is 7. The molecule has 1 amide bonds. The summed E-state index contributed by atoms with van der Waals surface area (Å²) in [5.74, 6) is -0.198. The van der Waals surface area contributed by atoms with Crippen LogP contribution < -0.4 is 10.2 Å². The van der Waals surface area contributed by atoms with E-state index in [2.05, 4.69) is 5.32 Å². The Hall–Kier alpha value is -1.62. The number of carbonyl (C=O) groups excluding carboxylic acids is 1. The number of anilines is 1. The minimum Gasteiger partial charge on any atom is -0.365 e. The second-order valence-electron chi connectivity index (χ2n) is 4.69. The van der Waals surface area contributed by atoms with E-state index in [0.29, 0.717) is 25.2 Å². The molecular weight excluding hydrogens is 257 g/mol. The average Bonchev–Trinajstić information content (AvgIpc) is 2.42. The standard InChI is InChI=1S/C15H24FN3O/c1-5-19(6-2)15(20)11-18(4)14-9-7-8-13(16)12(14)10-17-3/h7-9,17H,5-6,10-11H2,1-4H3. The number of nitrogens with zero attached hydrogens (tertiary/aromatic N) is 2. The maximum atomic E-state index is 13.9. The van der Waals surface area contributed by atoms with Crippen molar-refractivity contribution in [3.8, 4) is 0 Å². The minimum atomic E-state index is -0.251. The van der Waals surface area contributed by atoms with Crippen molar-refractivity contribution in [2.24, 2.45) is 0 Å². The highest BCUT2D eigenvalue weighted by Gasteiger charge is 2.16. The first-order valence-electron chi connectivity index (χ1n) is 6.96. The summed E-state index contributed by atoms with van der Waals surface area (Å²) in [5.41, 5.74) is 1.34. The lowest BCUT2D eigenvalue weighted by molar-refractivity contribution is -0.129. The van der Waals surface area contributed by atoms with Crippen molar-refractivity contribution in [3.63, 3.8) is 0 Å². The quantitative estimate of drug-likeness (QED) is 0.828. The molecule has 4 nitrogen and oxygen atoms in total. The van der Waals surface area contributed by atoms with E-state index in [0.717, 1.165) is 5.69 Å². The van der Waals surface area contributed by atoms with Gasteiger partial charge in [0.15, 0.2) is 0 Å². The number of amides is 1. The normalized spacial score (nSPS) is 10.4. The molecule has 0 unspecified atom stereocenters. The van der Waals surface area contributed by atoms with Crippen LogP contribution in [-0.2, 0) is 11.3 Å². The Morgan fingerprint density at radius 1 is 1.30 bits per heavy atom. The largest absolute Gasteiger partial charge is 0.365 e. The Labute approximate surface area is 120 Å². The number of halogens is 1. The van der Waals surface area contributed by atoms with Crippen molar-refractivity contribution < 1.29 is 9.18 Å². The number of hydrogen-bond acceptors (Lipinski definition) is 3. The molecule has 0 bridgehead atoms. The second-order valence-corrected chi connectivity index (χ2v) is 4.69. The zero-order chi connectivity index (χ0) is 15.1. The zero-order valence-corrected chi connectivity index (χ0v) is 12.7. The van der Waals surface area contributed by atoms with Gasteiger partial charge in [-0.3, -0.25) is 4.79 Å². The van der Waals surface area contributed by atoms with Crippen LogP contribution in [0.1, 0.15) is 19.4 Å². The molecule has 0 saturated heterocycles. The van der Waals surface area contributed by atoms with Crippen molar-refractivity contribution >= 4 is 11.6 Å². The first-order chi connectivity index (χ1) is 9.54. The molecule has 0 aromatic heterocycles. The van der Waals surface area contributed by atoms with Crippen LogP contribution in [0.3, 0.4) is 0 Å². The predicted octanol–water partition coefficient (Wildman–Crippen LogP) is 1.85. The third kappa shape index (κ3) is 3.93. The third-order valence-electron chi connectivity index (χ3n) is 3.35. The molecule has 0 radical (unpaired) electrons. The average molecular weight is 281 g/mol. The van der Waals surface area contributed by atoms with Gasteiger partial charge in [0.1, 0.15) is 5.82 Å². The molecule has 1 N–H and O–H groups in total. The fourth-order valence-electron chi connectivity index (χ4n) is 2.22. The van der Waals surface area contributed by atoms with Gasteiger partial charge < -0.3 is 15.1 Å². The van der Waals surface area contributed by atoms with Crippen LogP contribution in [0.2, 0.25) is 0 Å². The molecule has 0 atom stereocenters. The summed E-state index contributed by atoms with van der Waals surface area (Å²) in [4.78, 5) is 15.7. The fraction of sp³-hybridized carbons (Fsp3) is 0.533. The molecular formula is C15H24FN3O. The van der Waals surface area contributed by atoms with Crippen molar-refractivity contribution in [3.05, 3.63) is 29.6 Å². The van der Waals surface area contributed by atoms with Crippen LogP contribution in [-0.4, -0.2) is 44.5 Å². The topological polar surface area (TPSA) is 35.6 Å². The molecule has 0 saturated carbocycles. The van der Waals surface area contributed by atoms with Crippen molar-refractivity contribution in [2.75, 3.05) is 38.6 Å². The SMILES string of the molecule is CCN(CC)C(=O)CN(C)c1cccc(F)c1CNC. The Balaban J connectivity index is 2.89. The van der Waals surface area contributed by atoms with Gasteiger partial charge in [-0.15, -0.1) is 0 Å². The molecule has 0 aliphatic rings. The summed E-state index contributed by atoms with van der Waals surface area (Å²) < 4.78 is 13.9. The van der Waals surface area contributed by atoms with Gasteiger partial charge in [0, 0.05) is 37.9 Å². The molecule has 20 heavy (non-hydrogen) atoms. The van der Waals surface area contributed by atoms with Gasteiger partial charge in [0.05, 0.1) is 6.54 Å². The van der Waals surface area contributed by atoms with E-state index < -0.39 is 0 Å². The Bertz CT molecular complexity index is 447. The molecule has 0 aliphatic carbocycles. The van der Waals surface area contributed by atoms with E-state index in [-0.39, 0.29) is 18.3 Å². The lowest BCUT2D eigenvalue weighted by atomic mass is 10.1. The maximum absolute atomic E-state index is 13.9. The molecule has 1 rings (SSSR count). The number of hydrogen-bond donors (Lipinski definition) is 1. The third-order valence-corrected chi connectivity index (χ3v) is 3.35. The molecule has 1 aromatic rings. The van der Waals surface area contributed by atoms with Crippen LogP contribution in [0, 0.1) is 5.82 Å².